The van der Waals surface area contributed by atoms with Crippen molar-refractivity contribution in [1.29, 1.82) is 0 Å². The van der Waals surface area contributed by atoms with E-state index in [-0.39, 0.29) is 5.91 Å². The van der Waals surface area contributed by atoms with Crippen LogP contribution in [-0.2, 0) is 15.1 Å². The van der Waals surface area contributed by atoms with E-state index in [1.165, 1.54) is 7.11 Å². The second kappa shape index (κ2) is 6.22. The van der Waals surface area contributed by atoms with Gasteiger partial charge in [-0.3, -0.25) is 4.79 Å². The lowest BCUT2D eigenvalue weighted by Gasteiger charge is -2.28. The van der Waals surface area contributed by atoms with Gasteiger partial charge in [-0.2, -0.15) is 0 Å². The van der Waals surface area contributed by atoms with E-state index in [1.54, 1.807) is 43.3 Å². The summed E-state index contributed by atoms with van der Waals surface area (Å²) in [5, 5.41) is 2.76. The molecular formula is C17H17NO3. The van der Waals surface area contributed by atoms with Crippen molar-refractivity contribution >= 4 is 11.9 Å². The van der Waals surface area contributed by atoms with Crippen LogP contribution >= 0.6 is 0 Å². The molecule has 0 unspecified atom stereocenters. The topological polar surface area (TPSA) is 55.4 Å². The first-order valence-corrected chi connectivity index (χ1v) is 6.59. The Morgan fingerprint density at radius 2 is 1.48 bits per heavy atom. The maximum atomic E-state index is 12.3. The molecular weight excluding hydrogens is 266 g/mol. The Labute approximate surface area is 123 Å². The Kier molecular flexibility index (Phi) is 4.38. The van der Waals surface area contributed by atoms with Crippen LogP contribution in [0.3, 0.4) is 0 Å². The van der Waals surface area contributed by atoms with E-state index in [0.29, 0.717) is 11.1 Å². The molecule has 1 atom stereocenters. The molecule has 2 aromatic rings. The summed E-state index contributed by atoms with van der Waals surface area (Å²) in [6.45, 7) is 1.63. The van der Waals surface area contributed by atoms with E-state index in [9.17, 15) is 9.59 Å². The number of ether oxygens (including phenoxy) is 1. The van der Waals surface area contributed by atoms with Crippen LogP contribution in [0, 0.1) is 0 Å². The highest BCUT2D eigenvalue weighted by molar-refractivity contribution is 5.98. The fourth-order valence-electron chi connectivity index (χ4n) is 2.11. The lowest BCUT2D eigenvalue weighted by molar-refractivity contribution is -0.147. The average Bonchev–Trinajstić information content (AvgIpc) is 2.55. The van der Waals surface area contributed by atoms with Crippen molar-refractivity contribution in [1.82, 2.24) is 5.32 Å². The molecule has 0 aromatic heterocycles. The van der Waals surface area contributed by atoms with Gasteiger partial charge in [0.2, 0.25) is 0 Å². The first-order valence-electron chi connectivity index (χ1n) is 6.59. The molecule has 4 heteroatoms. The molecule has 0 heterocycles. The van der Waals surface area contributed by atoms with Crippen LogP contribution in [0.5, 0.6) is 0 Å². The van der Waals surface area contributed by atoms with Gasteiger partial charge in [0.1, 0.15) is 0 Å². The highest BCUT2D eigenvalue weighted by Crippen LogP contribution is 2.22. The molecule has 0 saturated heterocycles. The summed E-state index contributed by atoms with van der Waals surface area (Å²) in [5.74, 6) is -0.842. The lowest BCUT2D eigenvalue weighted by atomic mass is 9.91. The molecule has 2 aromatic carbocycles. The van der Waals surface area contributed by atoms with Crippen molar-refractivity contribution in [3.05, 3.63) is 71.8 Å². The van der Waals surface area contributed by atoms with Crippen LogP contribution in [0.2, 0.25) is 0 Å². The number of hydrogen-bond donors (Lipinski definition) is 1. The van der Waals surface area contributed by atoms with Crippen molar-refractivity contribution in [2.24, 2.45) is 0 Å². The van der Waals surface area contributed by atoms with Crippen LogP contribution in [-0.4, -0.2) is 19.0 Å². The molecule has 0 radical (unpaired) electrons. The first-order chi connectivity index (χ1) is 10.1. The summed E-state index contributed by atoms with van der Waals surface area (Å²) in [6, 6.07) is 17.8. The fourth-order valence-corrected chi connectivity index (χ4v) is 2.11. The van der Waals surface area contributed by atoms with Crippen molar-refractivity contribution in [2.45, 2.75) is 12.5 Å². The monoisotopic (exact) mass is 283 g/mol. The minimum Gasteiger partial charge on any atom is -0.467 e. The molecule has 1 amide bonds. The van der Waals surface area contributed by atoms with Gasteiger partial charge >= 0.3 is 5.97 Å². The summed E-state index contributed by atoms with van der Waals surface area (Å²) in [4.78, 5) is 24.5. The zero-order valence-electron chi connectivity index (χ0n) is 12.0. The van der Waals surface area contributed by atoms with Crippen molar-refractivity contribution < 1.29 is 14.3 Å². The van der Waals surface area contributed by atoms with Crippen molar-refractivity contribution in [3.8, 4) is 0 Å². The number of hydrogen-bond acceptors (Lipinski definition) is 3. The molecule has 4 nitrogen and oxygen atoms in total. The Morgan fingerprint density at radius 1 is 0.952 bits per heavy atom. The first kappa shape index (κ1) is 14.8. The number of rotatable bonds is 4. The van der Waals surface area contributed by atoms with Crippen LogP contribution in [0.25, 0.3) is 0 Å². The SMILES string of the molecule is COC(=O)[C@](C)(NC(=O)c1ccccc1)c1ccccc1. The number of carbonyl (C=O) groups excluding carboxylic acids is 2. The molecule has 0 aliphatic heterocycles. The smallest absolute Gasteiger partial charge is 0.336 e. The van der Waals surface area contributed by atoms with E-state index in [1.807, 2.05) is 24.3 Å². The van der Waals surface area contributed by atoms with E-state index in [4.69, 9.17) is 4.74 Å². The molecule has 0 bridgehead atoms. The second-order valence-corrected chi connectivity index (χ2v) is 4.80. The van der Waals surface area contributed by atoms with Gasteiger partial charge in [0.05, 0.1) is 7.11 Å². The Morgan fingerprint density at radius 3 is 2.00 bits per heavy atom. The maximum Gasteiger partial charge on any atom is 0.336 e. The van der Waals surface area contributed by atoms with E-state index in [0.717, 1.165) is 0 Å². The van der Waals surface area contributed by atoms with Crippen LogP contribution in [0.1, 0.15) is 22.8 Å². The van der Waals surface area contributed by atoms with Gasteiger partial charge < -0.3 is 10.1 Å². The summed E-state index contributed by atoms with van der Waals surface area (Å²) in [5.41, 5.74) is -0.0761. The minimum absolute atomic E-state index is 0.327. The van der Waals surface area contributed by atoms with Crippen LogP contribution in [0.4, 0.5) is 0 Å². The predicted molar refractivity (Wildman–Crippen MR) is 79.7 cm³/mol. The number of carbonyl (C=O) groups is 2. The summed E-state index contributed by atoms with van der Waals surface area (Å²) in [7, 11) is 1.30. The molecule has 1 N–H and O–H groups in total. The Hall–Kier alpha value is -2.62. The standard InChI is InChI=1S/C17H17NO3/c1-17(16(20)21-2,14-11-7-4-8-12-14)18-15(19)13-9-5-3-6-10-13/h3-12H,1-2H3,(H,18,19)/t17-/m1/s1. The highest BCUT2D eigenvalue weighted by Gasteiger charge is 2.38. The summed E-state index contributed by atoms with van der Waals surface area (Å²) >= 11 is 0. The van der Waals surface area contributed by atoms with Crippen molar-refractivity contribution in [2.75, 3.05) is 7.11 Å². The lowest BCUT2D eigenvalue weighted by Crippen LogP contribution is -2.50. The van der Waals surface area contributed by atoms with Gasteiger partial charge in [-0.15, -0.1) is 0 Å². The molecule has 21 heavy (non-hydrogen) atoms. The van der Waals surface area contributed by atoms with Crippen LogP contribution < -0.4 is 5.32 Å². The molecule has 0 saturated carbocycles. The van der Waals surface area contributed by atoms with Crippen LogP contribution in [0.15, 0.2) is 60.7 Å². The van der Waals surface area contributed by atoms with Gasteiger partial charge in [-0.25, -0.2) is 4.79 Å². The molecule has 2 rings (SSSR count). The maximum absolute atomic E-state index is 12.3. The molecule has 0 aliphatic carbocycles. The zero-order valence-corrected chi connectivity index (χ0v) is 12.0. The number of amides is 1. The van der Waals surface area contributed by atoms with E-state index in [2.05, 4.69) is 5.32 Å². The average molecular weight is 283 g/mol. The van der Waals surface area contributed by atoms with E-state index < -0.39 is 11.5 Å². The second-order valence-electron chi connectivity index (χ2n) is 4.80. The number of methoxy groups -OCH3 is 1. The number of nitrogens with one attached hydrogen (secondary N) is 1. The van der Waals surface area contributed by atoms with Gasteiger partial charge in [0.25, 0.3) is 5.91 Å². The summed E-state index contributed by atoms with van der Waals surface area (Å²) < 4.78 is 4.85. The molecule has 0 aliphatic rings. The van der Waals surface area contributed by atoms with Gasteiger partial charge in [0, 0.05) is 5.56 Å². The fraction of sp³-hybridized carbons (Fsp3) is 0.176. The van der Waals surface area contributed by atoms with Gasteiger partial charge in [-0.05, 0) is 24.6 Å². The Balaban J connectivity index is 2.34. The minimum atomic E-state index is -1.23. The van der Waals surface area contributed by atoms with E-state index >= 15 is 0 Å². The predicted octanol–water partition coefficient (Wildman–Crippen LogP) is 2.50. The van der Waals surface area contributed by atoms with Gasteiger partial charge in [0.15, 0.2) is 5.54 Å². The molecule has 108 valence electrons. The third-order valence-corrected chi connectivity index (χ3v) is 3.34. The quantitative estimate of drug-likeness (QED) is 0.877. The number of benzene rings is 2. The largest absolute Gasteiger partial charge is 0.467 e. The van der Waals surface area contributed by atoms with Crippen molar-refractivity contribution in [3.63, 3.8) is 0 Å². The third-order valence-electron chi connectivity index (χ3n) is 3.34. The highest BCUT2D eigenvalue weighted by atomic mass is 16.5. The molecule has 0 spiro atoms. The molecule has 0 fully saturated rings. The summed E-state index contributed by atoms with van der Waals surface area (Å²) in [6.07, 6.45) is 0. The normalized spacial score (nSPS) is 13.0. The Bertz CT molecular complexity index is 625. The third kappa shape index (κ3) is 3.11. The van der Waals surface area contributed by atoms with Gasteiger partial charge in [-0.1, -0.05) is 48.5 Å². The zero-order chi connectivity index (χ0) is 15.3. The number of esters is 1.